The first kappa shape index (κ1) is 13.4. The van der Waals surface area contributed by atoms with Gasteiger partial charge in [0.1, 0.15) is 0 Å². The van der Waals surface area contributed by atoms with E-state index in [0.717, 1.165) is 13.0 Å². The number of carbonyl (C=O) groups excluding carboxylic acids is 1. The molecule has 0 radical (unpaired) electrons. The van der Waals surface area contributed by atoms with Gasteiger partial charge in [0.25, 0.3) is 0 Å². The van der Waals surface area contributed by atoms with E-state index in [1.54, 1.807) is 0 Å². The Morgan fingerprint density at radius 3 is 3.00 bits per heavy atom. The Morgan fingerprint density at radius 1 is 1.62 bits per heavy atom. The number of hydrogen-bond acceptors (Lipinski definition) is 5. The average Bonchev–Trinajstić information content (AvgIpc) is 2.73. The largest absolute Gasteiger partial charge is 0.469 e. The summed E-state index contributed by atoms with van der Waals surface area (Å²) in [7, 11) is 1.41. The Labute approximate surface area is 96.3 Å². The third kappa shape index (κ3) is 4.08. The molecule has 16 heavy (non-hydrogen) atoms. The minimum absolute atomic E-state index is 0.0377. The van der Waals surface area contributed by atoms with Crippen LogP contribution < -0.4 is 0 Å². The van der Waals surface area contributed by atoms with E-state index in [1.165, 1.54) is 7.11 Å². The smallest absolute Gasteiger partial charge is 0.310 e. The van der Waals surface area contributed by atoms with Gasteiger partial charge in [0.05, 0.1) is 25.7 Å². The molecule has 1 heterocycles. The lowest BCUT2D eigenvalue weighted by atomic mass is 10.1. The number of aliphatic hydroxyl groups excluding tert-OH is 1. The van der Waals surface area contributed by atoms with Crippen molar-refractivity contribution in [3.63, 3.8) is 0 Å². The summed E-state index contributed by atoms with van der Waals surface area (Å²) in [5, 5.41) is 9.64. The summed E-state index contributed by atoms with van der Waals surface area (Å²) in [4.78, 5) is 13.4. The first-order chi connectivity index (χ1) is 7.67. The molecule has 1 saturated heterocycles. The highest BCUT2D eigenvalue weighted by molar-refractivity contribution is 5.72. The molecule has 5 heteroatoms. The highest BCUT2D eigenvalue weighted by Crippen LogP contribution is 2.17. The molecule has 1 aliphatic heterocycles. The van der Waals surface area contributed by atoms with Gasteiger partial charge < -0.3 is 14.6 Å². The maximum atomic E-state index is 11.3. The van der Waals surface area contributed by atoms with Crippen LogP contribution in [-0.4, -0.2) is 62.0 Å². The van der Waals surface area contributed by atoms with E-state index in [-0.39, 0.29) is 11.9 Å². The normalized spacial score (nSPS) is 23.3. The third-order valence-corrected chi connectivity index (χ3v) is 2.79. The average molecular weight is 231 g/mol. The van der Waals surface area contributed by atoms with Crippen LogP contribution in [0, 0.1) is 5.92 Å². The lowest BCUT2D eigenvalue weighted by molar-refractivity contribution is -0.145. The molecule has 94 valence electrons. The summed E-state index contributed by atoms with van der Waals surface area (Å²) < 4.78 is 9.83. The van der Waals surface area contributed by atoms with E-state index < -0.39 is 6.10 Å². The van der Waals surface area contributed by atoms with Crippen LogP contribution in [0.3, 0.4) is 0 Å². The van der Waals surface area contributed by atoms with Crippen LogP contribution in [0.4, 0.5) is 0 Å². The van der Waals surface area contributed by atoms with Crippen molar-refractivity contribution in [2.24, 2.45) is 5.92 Å². The molecule has 0 bridgehead atoms. The third-order valence-electron chi connectivity index (χ3n) is 2.79. The maximum absolute atomic E-state index is 11.3. The molecule has 2 atom stereocenters. The van der Waals surface area contributed by atoms with Crippen LogP contribution in [-0.2, 0) is 14.3 Å². The number of aliphatic hydroxyl groups is 1. The number of rotatable bonds is 6. The second-order valence-corrected chi connectivity index (χ2v) is 4.08. The molecule has 0 aliphatic carbocycles. The Morgan fingerprint density at radius 2 is 2.38 bits per heavy atom. The second-order valence-electron chi connectivity index (χ2n) is 4.08. The Bertz CT molecular complexity index is 222. The van der Waals surface area contributed by atoms with Gasteiger partial charge >= 0.3 is 5.97 Å². The predicted molar refractivity (Wildman–Crippen MR) is 59.1 cm³/mol. The highest BCUT2D eigenvalue weighted by atomic mass is 16.5. The van der Waals surface area contributed by atoms with E-state index in [0.29, 0.717) is 26.3 Å². The molecule has 1 rings (SSSR count). The van der Waals surface area contributed by atoms with Crippen molar-refractivity contribution >= 4 is 5.97 Å². The summed E-state index contributed by atoms with van der Waals surface area (Å²) in [5.74, 6) is -0.189. The molecule has 0 aromatic rings. The van der Waals surface area contributed by atoms with Crippen molar-refractivity contribution < 1.29 is 19.4 Å². The number of esters is 1. The van der Waals surface area contributed by atoms with Gasteiger partial charge in [-0.3, -0.25) is 9.69 Å². The van der Waals surface area contributed by atoms with E-state index in [9.17, 15) is 9.90 Å². The van der Waals surface area contributed by atoms with Gasteiger partial charge in [-0.2, -0.15) is 0 Å². The number of nitrogens with zero attached hydrogens (tertiary/aromatic N) is 1. The fourth-order valence-electron chi connectivity index (χ4n) is 1.96. The Kier molecular flexibility index (Phi) is 5.73. The molecule has 0 amide bonds. The Balaban J connectivity index is 2.23. The summed E-state index contributed by atoms with van der Waals surface area (Å²) in [6.45, 7) is 4.94. The van der Waals surface area contributed by atoms with Gasteiger partial charge in [-0.25, -0.2) is 0 Å². The summed E-state index contributed by atoms with van der Waals surface area (Å²) >= 11 is 0. The Hall–Kier alpha value is -0.650. The van der Waals surface area contributed by atoms with E-state index in [2.05, 4.69) is 4.90 Å². The van der Waals surface area contributed by atoms with Crippen LogP contribution in [0.25, 0.3) is 0 Å². The molecule has 0 aromatic carbocycles. The van der Waals surface area contributed by atoms with Crippen LogP contribution in [0.15, 0.2) is 0 Å². The van der Waals surface area contributed by atoms with Crippen molar-refractivity contribution in [2.75, 3.05) is 40.0 Å². The molecule has 1 fully saturated rings. The van der Waals surface area contributed by atoms with E-state index in [1.807, 2.05) is 6.92 Å². The van der Waals surface area contributed by atoms with Gasteiger partial charge in [0, 0.05) is 19.7 Å². The highest BCUT2D eigenvalue weighted by Gasteiger charge is 2.29. The predicted octanol–water partition coefficient (Wildman–Crippen LogP) is -0.121. The number of likely N-dealkylation sites (tertiary alicyclic amines) is 1. The summed E-state index contributed by atoms with van der Waals surface area (Å²) in [5.41, 5.74) is 0. The van der Waals surface area contributed by atoms with Crippen molar-refractivity contribution in [3.8, 4) is 0 Å². The first-order valence-electron chi connectivity index (χ1n) is 5.73. The van der Waals surface area contributed by atoms with E-state index >= 15 is 0 Å². The zero-order valence-corrected chi connectivity index (χ0v) is 10.0. The lowest BCUT2D eigenvalue weighted by Crippen LogP contribution is -2.34. The monoisotopic (exact) mass is 231 g/mol. The fourth-order valence-corrected chi connectivity index (χ4v) is 1.96. The van der Waals surface area contributed by atoms with Crippen molar-refractivity contribution in [1.82, 2.24) is 4.90 Å². The molecular weight excluding hydrogens is 210 g/mol. The van der Waals surface area contributed by atoms with Gasteiger partial charge in [0.15, 0.2) is 0 Å². The minimum atomic E-state index is -0.476. The van der Waals surface area contributed by atoms with Gasteiger partial charge in [-0.1, -0.05) is 0 Å². The quantitative estimate of drug-likeness (QED) is 0.646. The maximum Gasteiger partial charge on any atom is 0.310 e. The molecule has 1 aliphatic rings. The summed E-state index contributed by atoms with van der Waals surface area (Å²) in [6.07, 6.45) is 0.338. The van der Waals surface area contributed by atoms with Gasteiger partial charge in [0.2, 0.25) is 0 Å². The van der Waals surface area contributed by atoms with Gasteiger partial charge in [-0.15, -0.1) is 0 Å². The zero-order valence-electron chi connectivity index (χ0n) is 10.0. The lowest BCUT2D eigenvalue weighted by Gasteiger charge is -2.19. The molecule has 1 N–H and O–H groups in total. The van der Waals surface area contributed by atoms with Crippen LogP contribution >= 0.6 is 0 Å². The topological polar surface area (TPSA) is 59.0 Å². The minimum Gasteiger partial charge on any atom is -0.469 e. The summed E-state index contributed by atoms with van der Waals surface area (Å²) in [6, 6.07) is 0. The second kappa shape index (κ2) is 6.83. The number of hydrogen-bond donors (Lipinski definition) is 1. The van der Waals surface area contributed by atoms with Crippen LogP contribution in [0.5, 0.6) is 0 Å². The number of carbonyl (C=O) groups is 1. The fraction of sp³-hybridized carbons (Fsp3) is 0.909. The standard InChI is InChI=1S/C11H21NO4/c1-3-16-8-10(13)7-12-5-4-9(6-12)11(14)15-2/h9-10,13H,3-8H2,1-2H3. The van der Waals surface area contributed by atoms with E-state index in [4.69, 9.17) is 9.47 Å². The van der Waals surface area contributed by atoms with Crippen molar-refractivity contribution in [1.29, 1.82) is 0 Å². The van der Waals surface area contributed by atoms with Crippen LogP contribution in [0.2, 0.25) is 0 Å². The molecule has 0 saturated carbocycles. The molecular formula is C11H21NO4. The van der Waals surface area contributed by atoms with Gasteiger partial charge in [-0.05, 0) is 19.9 Å². The number of methoxy groups -OCH3 is 1. The first-order valence-corrected chi connectivity index (χ1v) is 5.73. The zero-order chi connectivity index (χ0) is 12.0. The molecule has 5 nitrogen and oxygen atoms in total. The molecule has 0 aromatic heterocycles. The van der Waals surface area contributed by atoms with Crippen molar-refractivity contribution in [3.05, 3.63) is 0 Å². The van der Waals surface area contributed by atoms with Crippen LogP contribution in [0.1, 0.15) is 13.3 Å². The molecule has 0 spiro atoms. The SMILES string of the molecule is CCOCC(O)CN1CCC(C(=O)OC)C1. The number of β-amino-alcohol motifs (C(OH)–C–C–N with tert-alkyl or cyclic N) is 1. The molecule has 2 unspecified atom stereocenters. The van der Waals surface area contributed by atoms with Crippen molar-refractivity contribution in [2.45, 2.75) is 19.4 Å². The number of ether oxygens (including phenoxy) is 2.